The minimum Gasteiger partial charge on any atom is -0.496 e. The molecule has 1 amide bonds. The number of aromatic amines is 1. The van der Waals surface area contributed by atoms with Crippen LogP contribution in [0.2, 0.25) is 0 Å². The van der Waals surface area contributed by atoms with Crippen LogP contribution in [-0.4, -0.2) is 29.8 Å². The molecule has 2 heterocycles. The Balaban J connectivity index is 1.89. The number of nitrogens with one attached hydrogen (secondary N) is 1. The third-order valence-corrected chi connectivity index (χ3v) is 4.34. The first kappa shape index (κ1) is 14.6. The van der Waals surface area contributed by atoms with Crippen LogP contribution in [0.4, 0.5) is 5.69 Å². The number of amides is 1. The highest BCUT2D eigenvalue weighted by molar-refractivity contribution is 5.96. The molecule has 1 N–H and O–H groups in total. The van der Waals surface area contributed by atoms with Crippen LogP contribution in [0.5, 0.6) is 5.75 Å². The maximum Gasteiger partial charge on any atom is 0.231 e. The monoisotopic (exact) mass is 299 g/mol. The van der Waals surface area contributed by atoms with E-state index in [-0.39, 0.29) is 5.91 Å². The summed E-state index contributed by atoms with van der Waals surface area (Å²) < 4.78 is 5.43. The first-order valence-corrected chi connectivity index (χ1v) is 7.58. The highest BCUT2D eigenvalue weighted by Crippen LogP contribution is 2.34. The molecule has 0 radical (unpaired) electrons. The molecule has 0 saturated carbocycles. The molecule has 1 aliphatic heterocycles. The van der Waals surface area contributed by atoms with Crippen molar-refractivity contribution in [3.05, 3.63) is 40.7 Å². The Kier molecular flexibility index (Phi) is 3.88. The van der Waals surface area contributed by atoms with Gasteiger partial charge in [0.2, 0.25) is 5.91 Å². The summed E-state index contributed by atoms with van der Waals surface area (Å²) in [6.07, 6.45) is 2.29. The number of ether oxygens (including phenoxy) is 1. The molecule has 0 aliphatic carbocycles. The van der Waals surface area contributed by atoms with Gasteiger partial charge >= 0.3 is 0 Å². The van der Waals surface area contributed by atoms with Gasteiger partial charge in [-0.15, -0.1) is 0 Å². The van der Waals surface area contributed by atoms with Gasteiger partial charge in [-0.05, 0) is 38.8 Å². The Hall–Kier alpha value is -2.30. The standard InChI is InChI=1S/C17H21N3O2/c1-11-14(12(2)19-18-11)10-17(21)20-9-5-6-13-15(20)7-4-8-16(13)22-3/h4,7-8H,5-6,9-10H2,1-3H3,(H,18,19). The molecule has 116 valence electrons. The van der Waals surface area contributed by atoms with Crippen LogP contribution in [0.15, 0.2) is 18.2 Å². The molecule has 0 spiro atoms. The summed E-state index contributed by atoms with van der Waals surface area (Å²) >= 11 is 0. The number of carbonyl (C=O) groups is 1. The normalized spacial score (nSPS) is 13.9. The second-order valence-electron chi connectivity index (χ2n) is 5.70. The fourth-order valence-electron chi connectivity index (χ4n) is 3.12. The molecule has 3 rings (SSSR count). The van der Waals surface area contributed by atoms with Crippen molar-refractivity contribution in [2.45, 2.75) is 33.1 Å². The minimum atomic E-state index is 0.113. The summed E-state index contributed by atoms with van der Waals surface area (Å²) in [4.78, 5) is 14.7. The number of aryl methyl sites for hydroxylation is 2. The first-order chi connectivity index (χ1) is 10.6. The molecule has 1 aromatic carbocycles. The van der Waals surface area contributed by atoms with Crippen molar-refractivity contribution >= 4 is 11.6 Å². The molecule has 1 aliphatic rings. The summed E-state index contributed by atoms with van der Waals surface area (Å²) in [5.74, 6) is 0.979. The highest BCUT2D eigenvalue weighted by Gasteiger charge is 2.25. The van der Waals surface area contributed by atoms with Crippen molar-refractivity contribution < 1.29 is 9.53 Å². The lowest BCUT2D eigenvalue weighted by Gasteiger charge is -2.30. The molecule has 0 fully saturated rings. The SMILES string of the molecule is COc1cccc2c1CCCN2C(=O)Cc1c(C)n[nH]c1C. The zero-order valence-electron chi connectivity index (χ0n) is 13.3. The number of benzene rings is 1. The third-order valence-electron chi connectivity index (χ3n) is 4.34. The zero-order chi connectivity index (χ0) is 15.7. The summed E-state index contributed by atoms with van der Waals surface area (Å²) in [7, 11) is 1.68. The average Bonchev–Trinajstić information content (AvgIpc) is 2.85. The van der Waals surface area contributed by atoms with E-state index in [0.717, 1.165) is 53.3 Å². The molecule has 5 nitrogen and oxygen atoms in total. The van der Waals surface area contributed by atoms with E-state index in [1.54, 1.807) is 7.11 Å². The van der Waals surface area contributed by atoms with Gasteiger partial charge in [-0.25, -0.2) is 0 Å². The summed E-state index contributed by atoms with van der Waals surface area (Å²) in [5, 5.41) is 7.11. The van der Waals surface area contributed by atoms with Crippen molar-refractivity contribution in [1.29, 1.82) is 0 Å². The van der Waals surface area contributed by atoms with Crippen molar-refractivity contribution in [2.24, 2.45) is 0 Å². The summed E-state index contributed by atoms with van der Waals surface area (Å²) in [5.41, 5.74) is 4.97. The lowest BCUT2D eigenvalue weighted by molar-refractivity contribution is -0.118. The number of methoxy groups -OCH3 is 1. The molecule has 0 atom stereocenters. The Morgan fingerprint density at radius 2 is 2.23 bits per heavy atom. The van der Waals surface area contributed by atoms with Gasteiger partial charge in [0.15, 0.2) is 0 Å². The predicted octanol–water partition coefficient (Wildman–Crippen LogP) is 2.56. The highest BCUT2D eigenvalue weighted by atomic mass is 16.5. The lowest BCUT2D eigenvalue weighted by Crippen LogP contribution is -2.36. The predicted molar refractivity (Wildman–Crippen MR) is 85.4 cm³/mol. The lowest BCUT2D eigenvalue weighted by atomic mass is 9.99. The quantitative estimate of drug-likeness (QED) is 0.947. The van der Waals surface area contributed by atoms with E-state index in [4.69, 9.17) is 4.74 Å². The topological polar surface area (TPSA) is 58.2 Å². The van der Waals surface area contributed by atoms with Gasteiger partial charge in [0.1, 0.15) is 5.75 Å². The summed E-state index contributed by atoms with van der Waals surface area (Å²) in [6, 6.07) is 5.90. The van der Waals surface area contributed by atoms with Crippen LogP contribution >= 0.6 is 0 Å². The van der Waals surface area contributed by atoms with Gasteiger partial charge in [-0.1, -0.05) is 6.07 Å². The van der Waals surface area contributed by atoms with Crippen molar-refractivity contribution in [3.63, 3.8) is 0 Å². The average molecular weight is 299 g/mol. The van der Waals surface area contributed by atoms with Gasteiger partial charge in [-0.3, -0.25) is 9.89 Å². The number of fused-ring (bicyclic) bond motifs is 1. The number of H-pyrrole nitrogens is 1. The van der Waals surface area contributed by atoms with Crippen molar-refractivity contribution in [2.75, 3.05) is 18.6 Å². The van der Waals surface area contributed by atoms with E-state index in [0.29, 0.717) is 6.42 Å². The molecule has 0 unspecified atom stereocenters. The molecular formula is C17H21N3O2. The van der Waals surface area contributed by atoms with Crippen molar-refractivity contribution in [1.82, 2.24) is 10.2 Å². The molecular weight excluding hydrogens is 278 g/mol. The first-order valence-electron chi connectivity index (χ1n) is 7.58. The van der Waals surface area contributed by atoms with Crippen molar-refractivity contribution in [3.8, 4) is 5.75 Å². The Bertz CT molecular complexity index is 686. The maximum absolute atomic E-state index is 12.8. The van der Waals surface area contributed by atoms with Crippen LogP contribution < -0.4 is 9.64 Å². The fraction of sp³-hybridized carbons (Fsp3) is 0.412. The Morgan fingerprint density at radius 1 is 1.41 bits per heavy atom. The number of rotatable bonds is 3. The largest absolute Gasteiger partial charge is 0.496 e. The number of nitrogens with zero attached hydrogens (tertiary/aromatic N) is 2. The van der Waals surface area contributed by atoms with E-state index in [1.807, 2.05) is 36.9 Å². The van der Waals surface area contributed by atoms with Crippen LogP contribution in [0, 0.1) is 13.8 Å². The van der Waals surface area contributed by atoms with Crippen LogP contribution in [-0.2, 0) is 17.6 Å². The van der Waals surface area contributed by atoms with Crippen LogP contribution in [0.25, 0.3) is 0 Å². The van der Waals surface area contributed by atoms with Gasteiger partial charge in [0.05, 0.1) is 24.9 Å². The number of hydrogen-bond donors (Lipinski definition) is 1. The number of carbonyl (C=O) groups excluding carboxylic acids is 1. The molecule has 2 aromatic rings. The van der Waals surface area contributed by atoms with E-state index in [9.17, 15) is 4.79 Å². The van der Waals surface area contributed by atoms with Gasteiger partial charge < -0.3 is 9.64 Å². The molecule has 1 aromatic heterocycles. The maximum atomic E-state index is 12.8. The molecule has 0 saturated heterocycles. The van der Waals surface area contributed by atoms with Crippen LogP contribution in [0.3, 0.4) is 0 Å². The van der Waals surface area contributed by atoms with E-state index in [2.05, 4.69) is 10.2 Å². The second-order valence-corrected chi connectivity index (χ2v) is 5.70. The summed E-state index contributed by atoms with van der Waals surface area (Å²) in [6.45, 7) is 4.64. The van der Waals surface area contributed by atoms with Gasteiger partial charge in [0.25, 0.3) is 0 Å². The third kappa shape index (κ3) is 2.47. The van der Waals surface area contributed by atoms with E-state index in [1.165, 1.54) is 0 Å². The Morgan fingerprint density at radius 3 is 2.91 bits per heavy atom. The van der Waals surface area contributed by atoms with Gasteiger partial charge in [0, 0.05) is 23.4 Å². The van der Waals surface area contributed by atoms with E-state index >= 15 is 0 Å². The van der Waals surface area contributed by atoms with Crippen LogP contribution in [0.1, 0.15) is 28.9 Å². The zero-order valence-corrected chi connectivity index (χ0v) is 13.3. The Labute approximate surface area is 130 Å². The van der Waals surface area contributed by atoms with E-state index < -0.39 is 0 Å². The number of aromatic nitrogens is 2. The molecule has 5 heteroatoms. The number of anilines is 1. The fourth-order valence-corrected chi connectivity index (χ4v) is 3.12. The second kappa shape index (κ2) is 5.83. The molecule has 22 heavy (non-hydrogen) atoms. The van der Waals surface area contributed by atoms with Gasteiger partial charge in [-0.2, -0.15) is 5.10 Å². The smallest absolute Gasteiger partial charge is 0.231 e. The minimum absolute atomic E-state index is 0.113. The number of hydrogen-bond acceptors (Lipinski definition) is 3. The molecule has 0 bridgehead atoms.